The topological polar surface area (TPSA) is 70.2 Å². The van der Waals surface area contributed by atoms with Crippen LogP contribution < -0.4 is 16.0 Å². The summed E-state index contributed by atoms with van der Waals surface area (Å²) in [5.41, 5.74) is 0. The molecule has 3 N–H and O–H groups in total. The van der Waals surface area contributed by atoms with Crippen LogP contribution in [0.2, 0.25) is 0 Å². The molecule has 1 aliphatic rings. The Labute approximate surface area is 87.6 Å². The largest absolute Gasteiger partial charge is 0.363 e. The summed E-state index contributed by atoms with van der Waals surface area (Å²) >= 11 is 4.93. The zero-order valence-corrected chi connectivity index (χ0v) is 8.74. The number of thiocarbonyl (C=S) groups is 1. The Morgan fingerprint density at radius 1 is 1.64 bits per heavy atom. The number of hydrogen-bond acceptors (Lipinski definition) is 3. The van der Waals surface area contributed by atoms with Crippen molar-refractivity contribution in [2.75, 3.05) is 6.54 Å². The average molecular weight is 215 g/mol. The molecule has 0 aromatic carbocycles. The first-order chi connectivity index (χ1) is 6.63. The maximum atomic E-state index is 11.3. The van der Waals surface area contributed by atoms with Crippen molar-refractivity contribution in [3.05, 3.63) is 0 Å². The van der Waals surface area contributed by atoms with Crippen molar-refractivity contribution >= 4 is 29.1 Å². The fourth-order valence-corrected chi connectivity index (χ4v) is 1.49. The second-order valence-corrected chi connectivity index (χ2v) is 3.42. The minimum atomic E-state index is -0.390. The molecule has 1 atom stereocenters. The molecule has 1 aliphatic heterocycles. The van der Waals surface area contributed by atoms with E-state index in [1.807, 2.05) is 6.92 Å². The molecule has 14 heavy (non-hydrogen) atoms. The van der Waals surface area contributed by atoms with Gasteiger partial charge in [0.1, 0.15) is 6.04 Å². The second kappa shape index (κ2) is 4.90. The van der Waals surface area contributed by atoms with Crippen LogP contribution in [0.1, 0.15) is 19.8 Å². The van der Waals surface area contributed by atoms with Gasteiger partial charge in [-0.25, -0.2) is 0 Å². The highest BCUT2D eigenvalue weighted by Gasteiger charge is 2.26. The van der Waals surface area contributed by atoms with Gasteiger partial charge in [0.25, 0.3) is 0 Å². The first-order valence-corrected chi connectivity index (χ1v) is 4.92. The number of rotatable bonds is 2. The van der Waals surface area contributed by atoms with Gasteiger partial charge in [-0.1, -0.05) is 0 Å². The van der Waals surface area contributed by atoms with E-state index in [1.165, 1.54) is 0 Å². The van der Waals surface area contributed by atoms with Crippen molar-refractivity contribution in [2.24, 2.45) is 0 Å². The molecule has 6 heteroatoms. The summed E-state index contributed by atoms with van der Waals surface area (Å²) in [5, 5.41) is 8.42. The van der Waals surface area contributed by atoms with Gasteiger partial charge >= 0.3 is 0 Å². The van der Waals surface area contributed by atoms with Crippen LogP contribution in [-0.4, -0.2) is 29.5 Å². The monoisotopic (exact) mass is 215 g/mol. The maximum Gasteiger partial charge on any atom is 0.249 e. The van der Waals surface area contributed by atoms with E-state index >= 15 is 0 Å². The van der Waals surface area contributed by atoms with Crippen molar-refractivity contribution in [1.29, 1.82) is 0 Å². The molecule has 0 radical (unpaired) electrons. The average Bonchev–Trinajstić information content (AvgIpc) is 2.10. The molecule has 0 saturated carbocycles. The lowest BCUT2D eigenvalue weighted by Crippen LogP contribution is -2.54. The highest BCUT2D eigenvalue weighted by molar-refractivity contribution is 7.80. The van der Waals surface area contributed by atoms with Gasteiger partial charge in [0.05, 0.1) is 0 Å². The second-order valence-electron chi connectivity index (χ2n) is 3.01. The van der Waals surface area contributed by atoms with Crippen LogP contribution in [0.4, 0.5) is 0 Å². The first kappa shape index (κ1) is 10.9. The van der Waals surface area contributed by atoms with Crippen LogP contribution in [0, 0.1) is 0 Å². The highest BCUT2D eigenvalue weighted by atomic mass is 32.1. The summed E-state index contributed by atoms with van der Waals surface area (Å²) in [6.07, 6.45) is 0.856. The molecule has 1 unspecified atom stereocenters. The summed E-state index contributed by atoms with van der Waals surface area (Å²) in [6, 6.07) is -0.390. The Morgan fingerprint density at radius 3 is 2.93 bits per heavy atom. The van der Waals surface area contributed by atoms with E-state index in [-0.39, 0.29) is 17.9 Å². The van der Waals surface area contributed by atoms with E-state index in [4.69, 9.17) is 12.2 Å². The van der Waals surface area contributed by atoms with E-state index in [0.717, 1.165) is 0 Å². The van der Waals surface area contributed by atoms with Gasteiger partial charge < -0.3 is 10.6 Å². The van der Waals surface area contributed by atoms with Crippen LogP contribution in [0.15, 0.2) is 0 Å². The summed E-state index contributed by atoms with van der Waals surface area (Å²) in [4.78, 5) is 22.1. The highest BCUT2D eigenvalue weighted by Crippen LogP contribution is 2.03. The van der Waals surface area contributed by atoms with Gasteiger partial charge in [-0.3, -0.25) is 14.9 Å². The molecule has 1 saturated heterocycles. The number of carbonyl (C=O) groups excluding carboxylic acids is 2. The van der Waals surface area contributed by atoms with Gasteiger partial charge in [-0.15, -0.1) is 0 Å². The third-order valence-corrected chi connectivity index (χ3v) is 2.14. The maximum absolute atomic E-state index is 11.3. The Balaban J connectivity index is 2.41. The number of amides is 2. The first-order valence-electron chi connectivity index (χ1n) is 4.51. The lowest BCUT2D eigenvalue weighted by atomic mass is 10.1. The molecule has 0 aliphatic carbocycles. The Bertz CT molecular complexity index is 267. The fourth-order valence-electron chi connectivity index (χ4n) is 1.20. The normalized spacial score (nSPS) is 21.4. The van der Waals surface area contributed by atoms with Crippen LogP contribution >= 0.6 is 12.2 Å². The Hall–Kier alpha value is -1.17. The predicted molar refractivity (Wildman–Crippen MR) is 55.6 cm³/mol. The summed E-state index contributed by atoms with van der Waals surface area (Å²) < 4.78 is 0. The molecule has 1 heterocycles. The van der Waals surface area contributed by atoms with Crippen molar-refractivity contribution < 1.29 is 9.59 Å². The van der Waals surface area contributed by atoms with Gasteiger partial charge in [0, 0.05) is 13.0 Å². The van der Waals surface area contributed by atoms with Gasteiger partial charge in [-0.05, 0) is 25.6 Å². The molecule has 0 bridgehead atoms. The lowest BCUT2D eigenvalue weighted by molar-refractivity contribution is -0.134. The lowest BCUT2D eigenvalue weighted by Gasteiger charge is -2.23. The zero-order valence-electron chi connectivity index (χ0n) is 7.92. The van der Waals surface area contributed by atoms with E-state index in [0.29, 0.717) is 24.5 Å². The van der Waals surface area contributed by atoms with Crippen molar-refractivity contribution in [2.45, 2.75) is 25.8 Å². The van der Waals surface area contributed by atoms with Crippen molar-refractivity contribution in [3.8, 4) is 0 Å². The number of imide groups is 1. The van der Waals surface area contributed by atoms with Gasteiger partial charge in [-0.2, -0.15) is 0 Å². The third-order valence-electron chi connectivity index (χ3n) is 1.88. The SMILES string of the molecule is CCNC(=S)NC1CCC(=O)NC1=O. The number of piperidine rings is 1. The smallest absolute Gasteiger partial charge is 0.249 e. The standard InChI is InChI=1S/C8H13N3O2S/c1-2-9-8(14)10-5-3-4-6(12)11-7(5)13/h5H,2-4H2,1H3,(H2,9,10,14)(H,11,12,13). The minimum absolute atomic E-state index is 0.220. The van der Waals surface area contributed by atoms with E-state index < -0.39 is 0 Å². The van der Waals surface area contributed by atoms with Crippen LogP contribution in [0.25, 0.3) is 0 Å². The quantitative estimate of drug-likeness (QED) is 0.419. The molecular formula is C8H13N3O2S. The fraction of sp³-hybridized carbons (Fsp3) is 0.625. The van der Waals surface area contributed by atoms with E-state index in [2.05, 4.69) is 16.0 Å². The molecule has 78 valence electrons. The Morgan fingerprint density at radius 2 is 2.36 bits per heavy atom. The van der Waals surface area contributed by atoms with Crippen LogP contribution in [0.3, 0.4) is 0 Å². The number of carbonyl (C=O) groups is 2. The summed E-state index contributed by atoms with van der Waals surface area (Å²) in [6.45, 7) is 2.62. The molecule has 2 amide bonds. The predicted octanol–water partition coefficient (Wildman–Crippen LogP) is -0.724. The molecule has 5 nitrogen and oxygen atoms in total. The summed E-state index contributed by atoms with van der Waals surface area (Å²) in [5.74, 6) is -0.524. The number of nitrogens with one attached hydrogen (secondary N) is 3. The molecule has 0 spiro atoms. The molecule has 0 aromatic heterocycles. The van der Waals surface area contributed by atoms with Crippen molar-refractivity contribution in [1.82, 2.24) is 16.0 Å². The van der Waals surface area contributed by atoms with E-state index in [9.17, 15) is 9.59 Å². The van der Waals surface area contributed by atoms with Crippen molar-refractivity contribution in [3.63, 3.8) is 0 Å². The molecule has 1 rings (SSSR count). The van der Waals surface area contributed by atoms with Crippen LogP contribution in [-0.2, 0) is 9.59 Å². The van der Waals surface area contributed by atoms with Crippen LogP contribution in [0.5, 0.6) is 0 Å². The van der Waals surface area contributed by atoms with Gasteiger partial charge in [0.2, 0.25) is 11.8 Å². The number of hydrogen-bond donors (Lipinski definition) is 3. The molecule has 0 aromatic rings. The minimum Gasteiger partial charge on any atom is -0.363 e. The Kier molecular flexibility index (Phi) is 3.82. The zero-order chi connectivity index (χ0) is 10.6. The van der Waals surface area contributed by atoms with Gasteiger partial charge in [0.15, 0.2) is 5.11 Å². The third kappa shape index (κ3) is 2.95. The summed E-state index contributed by atoms with van der Waals surface area (Å²) in [7, 11) is 0. The molecular weight excluding hydrogens is 202 g/mol. The molecule has 1 fully saturated rings. The van der Waals surface area contributed by atoms with E-state index in [1.54, 1.807) is 0 Å².